The minimum atomic E-state index is -4.75. The van der Waals surface area contributed by atoms with Crippen molar-refractivity contribution in [1.82, 2.24) is 4.90 Å². The van der Waals surface area contributed by atoms with Gasteiger partial charge in [0, 0.05) is 19.2 Å². The number of sulfonamides is 1. The smallest absolute Gasteiger partial charge is 0.416 e. The van der Waals surface area contributed by atoms with Crippen LogP contribution < -0.4 is 9.46 Å². The Balaban J connectivity index is 1.88. The predicted molar refractivity (Wildman–Crippen MR) is 105 cm³/mol. The molecule has 30 heavy (non-hydrogen) atoms. The fourth-order valence-corrected chi connectivity index (χ4v) is 5.28. The molecule has 0 spiro atoms. The largest absolute Gasteiger partial charge is 0.486 e. The van der Waals surface area contributed by atoms with Crippen molar-refractivity contribution < 1.29 is 30.7 Å². The van der Waals surface area contributed by atoms with Crippen LogP contribution in [0, 0.1) is 5.82 Å². The first kappa shape index (κ1) is 22.9. The average molecular weight is 487 g/mol. The molecule has 1 heterocycles. The van der Waals surface area contributed by atoms with Crippen molar-refractivity contribution >= 4 is 38.9 Å². The van der Waals surface area contributed by atoms with E-state index in [1.165, 1.54) is 0 Å². The molecule has 12 heteroatoms. The van der Waals surface area contributed by atoms with Crippen LogP contribution in [0.5, 0.6) is 5.75 Å². The molecule has 2 aromatic carbocycles. The first-order valence-electron chi connectivity index (χ1n) is 8.60. The number of hydrogen-bond donors (Lipinski definition) is 1. The van der Waals surface area contributed by atoms with Gasteiger partial charge < -0.3 is 9.64 Å². The molecule has 2 aromatic rings. The van der Waals surface area contributed by atoms with Gasteiger partial charge in [-0.1, -0.05) is 23.2 Å². The summed E-state index contributed by atoms with van der Waals surface area (Å²) in [5.41, 5.74) is -1.25. The van der Waals surface area contributed by atoms with Crippen molar-refractivity contribution in [3.05, 3.63) is 51.8 Å². The number of nitrogens with zero attached hydrogens (tertiary/aromatic N) is 1. The van der Waals surface area contributed by atoms with Gasteiger partial charge in [-0.2, -0.15) is 13.2 Å². The van der Waals surface area contributed by atoms with Gasteiger partial charge in [0.05, 0.1) is 21.3 Å². The van der Waals surface area contributed by atoms with E-state index in [1.54, 1.807) is 0 Å². The van der Waals surface area contributed by atoms with Gasteiger partial charge in [0.2, 0.25) is 0 Å². The first-order chi connectivity index (χ1) is 13.9. The van der Waals surface area contributed by atoms with Crippen LogP contribution in [-0.2, 0) is 16.2 Å². The molecule has 0 radical (unpaired) electrons. The summed E-state index contributed by atoms with van der Waals surface area (Å²) in [5.74, 6) is -0.835. The SMILES string of the molecule is CN1CC[C@@H](Oc2cc(NS(=O)(=O)c3c(Cl)cc(C(F)(F)F)cc3Cl)ccc2F)C1. The van der Waals surface area contributed by atoms with Crippen LogP contribution in [0.4, 0.5) is 23.2 Å². The zero-order chi connectivity index (χ0) is 22.3. The Bertz CT molecular complexity index is 1040. The van der Waals surface area contributed by atoms with E-state index in [2.05, 4.69) is 4.72 Å². The second-order valence-corrected chi connectivity index (χ2v) is 9.24. The van der Waals surface area contributed by atoms with Crippen LogP contribution in [0.2, 0.25) is 10.0 Å². The first-order valence-corrected chi connectivity index (χ1v) is 10.8. The summed E-state index contributed by atoms with van der Waals surface area (Å²) in [6.07, 6.45) is -4.32. The van der Waals surface area contributed by atoms with Gasteiger partial charge in [-0.25, -0.2) is 12.8 Å². The van der Waals surface area contributed by atoms with Gasteiger partial charge in [0.15, 0.2) is 11.6 Å². The Hall–Kier alpha value is -1.75. The van der Waals surface area contributed by atoms with E-state index in [0.29, 0.717) is 25.1 Å². The lowest BCUT2D eigenvalue weighted by Crippen LogP contribution is -2.22. The Morgan fingerprint density at radius 3 is 2.33 bits per heavy atom. The molecule has 5 nitrogen and oxygen atoms in total. The van der Waals surface area contributed by atoms with Crippen molar-refractivity contribution in [1.29, 1.82) is 0 Å². The Morgan fingerprint density at radius 2 is 1.80 bits per heavy atom. The molecule has 3 rings (SSSR count). The number of likely N-dealkylation sites (tertiary alicyclic amines) is 1. The monoisotopic (exact) mass is 486 g/mol. The lowest BCUT2D eigenvalue weighted by Gasteiger charge is -2.17. The summed E-state index contributed by atoms with van der Waals surface area (Å²) < 4.78 is 85.8. The highest BCUT2D eigenvalue weighted by Crippen LogP contribution is 2.38. The van der Waals surface area contributed by atoms with Crippen LogP contribution in [0.1, 0.15) is 12.0 Å². The summed E-state index contributed by atoms with van der Waals surface area (Å²) in [5, 5.41) is -1.40. The van der Waals surface area contributed by atoms with Gasteiger partial charge >= 0.3 is 6.18 Å². The number of likely N-dealkylation sites (N-methyl/N-ethyl adjacent to an activating group) is 1. The van der Waals surface area contributed by atoms with Crippen LogP contribution in [-0.4, -0.2) is 39.6 Å². The number of alkyl halides is 3. The fourth-order valence-electron chi connectivity index (χ4n) is 3.01. The number of halogens is 6. The molecule has 0 aromatic heterocycles. The topological polar surface area (TPSA) is 58.6 Å². The summed E-state index contributed by atoms with van der Waals surface area (Å²) in [7, 11) is -2.58. The van der Waals surface area contributed by atoms with Crippen LogP contribution in [0.25, 0.3) is 0 Å². The van der Waals surface area contributed by atoms with E-state index >= 15 is 0 Å². The maximum Gasteiger partial charge on any atom is 0.416 e. The quantitative estimate of drug-likeness (QED) is 0.601. The molecule has 1 atom stereocenters. The van der Waals surface area contributed by atoms with Crippen molar-refractivity contribution in [2.24, 2.45) is 0 Å². The van der Waals surface area contributed by atoms with Crippen molar-refractivity contribution in [3.8, 4) is 5.75 Å². The zero-order valence-electron chi connectivity index (χ0n) is 15.4. The molecule has 0 unspecified atom stereocenters. The molecule has 0 amide bonds. The fraction of sp³-hybridized carbons (Fsp3) is 0.333. The number of ether oxygens (including phenoxy) is 1. The molecule has 1 aliphatic rings. The molecule has 0 bridgehead atoms. The molecule has 1 fully saturated rings. The minimum Gasteiger partial charge on any atom is -0.486 e. The third kappa shape index (κ3) is 5.11. The Kier molecular flexibility index (Phi) is 6.43. The summed E-state index contributed by atoms with van der Waals surface area (Å²) in [6.45, 7) is 1.37. The Morgan fingerprint density at radius 1 is 1.17 bits per heavy atom. The summed E-state index contributed by atoms with van der Waals surface area (Å²) in [4.78, 5) is 1.28. The Labute approximate surface area is 180 Å². The highest BCUT2D eigenvalue weighted by molar-refractivity contribution is 7.93. The van der Waals surface area contributed by atoms with Gasteiger partial charge in [-0.15, -0.1) is 0 Å². The van der Waals surface area contributed by atoms with Crippen LogP contribution >= 0.6 is 23.2 Å². The zero-order valence-corrected chi connectivity index (χ0v) is 17.8. The van der Waals surface area contributed by atoms with Gasteiger partial charge in [-0.3, -0.25) is 4.72 Å². The minimum absolute atomic E-state index is 0.0650. The highest BCUT2D eigenvalue weighted by atomic mass is 35.5. The number of anilines is 1. The third-order valence-electron chi connectivity index (χ3n) is 4.42. The van der Waals surface area contributed by atoms with Crippen molar-refractivity contribution in [2.75, 3.05) is 24.9 Å². The van der Waals surface area contributed by atoms with E-state index in [0.717, 1.165) is 24.7 Å². The van der Waals surface area contributed by atoms with E-state index in [4.69, 9.17) is 27.9 Å². The predicted octanol–water partition coefficient (Wildman–Crippen LogP) is 5.04. The van der Waals surface area contributed by atoms with Crippen molar-refractivity contribution in [2.45, 2.75) is 23.6 Å². The van der Waals surface area contributed by atoms with Crippen LogP contribution in [0.3, 0.4) is 0 Å². The maximum absolute atomic E-state index is 14.1. The molecule has 164 valence electrons. The normalized spacial score (nSPS) is 17.9. The molecule has 0 aliphatic carbocycles. The number of benzene rings is 2. The van der Waals surface area contributed by atoms with E-state index < -0.39 is 42.5 Å². The van der Waals surface area contributed by atoms with Gasteiger partial charge in [0.25, 0.3) is 10.0 Å². The number of rotatable bonds is 5. The molecule has 0 saturated carbocycles. The standard InChI is InChI=1S/C18H16Cl2F4N2O3S/c1-26-5-4-12(9-26)29-16-8-11(2-3-15(16)21)25-30(27,28)17-13(19)6-10(7-14(17)20)18(22,23)24/h2-3,6-8,12,25H,4-5,9H2,1H3/t12-/m1/s1. The molecule has 1 aliphatic heterocycles. The van der Waals surface area contributed by atoms with E-state index in [-0.39, 0.29) is 17.5 Å². The molecule has 1 saturated heterocycles. The molecular weight excluding hydrogens is 471 g/mol. The lowest BCUT2D eigenvalue weighted by molar-refractivity contribution is -0.137. The second-order valence-electron chi connectivity index (χ2n) is 6.81. The average Bonchev–Trinajstić information content (AvgIpc) is 3.01. The highest BCUT2D eigenvalue weighted by Gasteiger charge is 2.34. The van der Waals surface area contributed by atoms with E-state index in [1.807, 2.05) is 11.9 Å². The molecular formula is C18H16Cl2F4N2O3S. The van der Waals surface area contributed by atoms with Crippen LogP contribution in [0.15, 0.2) is 35.2 Å². The van der Waals surface area contributed by atoms with E-state index in [9.17, 15) is 26.0 Å². The van der Waals surface area contributed by atoms with Crippen molar-refractivity contribution in [3.63, 3.8) is 0 Å². The summed E-state index contributed by atoms with van der Waals surface area (Å²) in [6, 6.07) is 4.25. The number of nitrogens with one attached hydrogen (secondary N) is 1. The third-order valence-corrected chi connectivity index (χ3v) is 6.72. The molecule has 1 N–H and O–H groups in total. The van der Waals surface area contributed by atoms with Gasteiger partial charge in [0.1, 0.15) is 11.0 Å². The summed E-state index contributed by atoms with van der Waals surface area (Å²) >= 11 is 11.6. The second kappa shape index (κ2) is 8.41. The number of hydrogen-bond acceptors (Lipinski definition) is 4. The maximum atomic E-state index is 14.1. The van der Waals surface area contributed by atoms with Gasteiger partial charge in [-0.05, 0) is 37.7 Å². The lowest BCUT2D eigenvalue weighted by atomic mass is 10.2.